The van der Waals surface area contributed by atoms with Gasteiger partial charge in [0.05, 0.1) is 11.1 Å². The van der Waals surface area contributed by atoms with Gasteiger partial charge >= 0.3 is 0 Å². The van der Waals surface area contributed by atoms with Crippen molar-refractivity contribution in [1.29, 1.82) is 0 Å². The normalized spacial score (nSPS) is 17.6. The molecule has 0 heterocycles. The molecule has 12 rings (SSSR count). The number of nitrogens with zero attached hydrogens (tertiary/aromatic N) is 1. The summed E-state index contributed by atoms with van der Waals surface area (Å²) in [6.07, 6.45) is 6.49. The van der Waals surface area contributed by atoms with Crippen molar-refractivity contribution in [3.05, 3.63) is 252 Å². The van der Waals surface area contributed by atoms with Crippen molar-refractivity contribution >= 4 is 44.2 Å². The molecule has 0 aliphatic heterocycles. The summed E-state index contributed by atoms with van der Waals surface area (Å²) in [5, 5.41) is 4.95. The monoisotopic (exact) mass is 791 g/mol. The first-order chi connectivity index (χ1) is 30.5. The topological polar surface area (TPSA) is 3.24 Å². The van der Waals surface area contributed by atoms with Crippen LogP contribution < -0.4 is 4.90 Å². The summed E-state index contributed by atoms with van der Waals surface area (Å²) < 4.78 is 0. The van der Waals surface area contributed by atoms with E-state index in [2.05, 4.69) is 232 Å². The first kappa shape index (κ1) is 36.4. The van der Waals surface area contributed by atoms with Crippen molar-refractivity contribution in [2.24, 2.45) is 0 Å². The van der Waals surface area contributed by atoms with Crippen LogP contribution in [0, 0.1) is 0 Å². The van der Waals surface area contributed by atoms with Gasteiger partial charge in [-0.2, -0.15) is 0 Å². The molecule has 9 aromatic carbocycles. The lowest BCUT2D eigenvalue weighted by molar-refractivity contribution is 0.666. The Morgan fingerprint density at radius 1 is 0.484 bits per heavy atom. The third-order valence-electron chi connectivity index (χ3n) is 14.1. The second-order valence-electron chi connectivity index (χ2n) is 17.5. The molecule has 1 atom stereocenters. The van der Waals surface area contributed by atoms with Gasteiger partial charge in [-0.3, -0.25) is 0 Å². The first-order valence-corrected chi connectivity index (χ1v) is 21.8. The van der Waals surface area contributed by atoms with Crippen LogP contribution in [-0.4, -0.2) is 0 Å². The average molecular weight is 792 g/mol. The minimum Gasteiger partial charge on any atom is -0.309 e. The Hall–Kier alpha value is -7.48. The van der Waals surface area contributed by atoms with Crippen molar-refractivity contribution in [1.82, 2.24) is 0 Å². The maximum Gasteiger partial charge on any atom is 0.0723 e. The van der Waals surface area contributed by atoms with Gasteiger partial charge in [0, 0.05) is 27.7 Å². The van der Waals surface area contributed by atoms with E-state index < -0.39 is 5.41 Å². The molecule has 0 saturated heterocycles. The largest absolute Gasteiger partial charge is 0.309 e. The lowest BCUT2D eigenvalue weighted by Gasteiger charge is -2.34. The van der Waals surface area contributed by atoms with Gasteiger partial charge in [0.25, 0.3) is 0 Å². The average Bonchev–Trinajstić information content (AvgIpc) is 3.87. The summed E-state index contributed by atoms with van der Waals surface area (Å²) >= 11 is 0. The summed E-state index contributed by atoms with van der Waals surface area (Å²) in [7, 11) is 0. The molecular weight excluding hydrogens is 747 g/mol. The molecule has 3 aliphatic carbocycles. The molecule has 0 amide bonds. The van der Waals surface area contributed by atoms with E-state index in [0.29, 0.717) is 0 Å². The Bertz CT molecular complexity index is 3410. The molecule has 1 unspecified atom stereocenters. The van der Waals surface area contributed by atoms with Crippen LogP contribution in [0.1, 0.15) is 54.2 Å². The molecule has 1 spiro atoms. The van der Waals surface area contributed by atoms with Crippen LogP contribution in [0.2, 0.25) is 0 Å². The van der Waals surface area contributed by atoms with Crippen molar-refractivity contribution < 1.29 is 0 Å². The highest BCUT2D eigenvalue weighted by Crippen LogP contribution is 2.65. The number of anilines is 3. The summed E-state index contributed by atoms with van der Waals surface area (Å²) in [6, 6.07) is 70.5. The Kier molecular flexibility index (Phi) is 7.93. The molecule has 3 aliphatic rings. The number of benzene rings is 9. The van der Waals surface area contributed by atoms with E-state index in [4.69, 9.17) is 0 Å². The molecule has 0 fully saturated rings. The van der Waals surface area contributed by atoms with Crippen molar-refractivity contribution in [3.8, 4) is 33.4 Å². The van der Waals surface area contributed by atoms with Crippen molar-refractivity contribution in [2.75, 3.05) is 4.90 Å². The zero-order valence-corrected chi connectivity index (χ0v) is 35.3. The zero-order valence-electron chi connectivity index (χ0n) is 35.3. The van der Waals surface area contributed by atoms with Crippen molar-refractivity contribution in [2.45, 2.75) is 31.6 Å². The molecule has 9 aromatic rings. The SMILES string of the molecule is C=CC=C1/C(=C\C)C2(c3ccccc31)c1ccccc1-c1ccc(N(c3ccc4ccccc4c3)c3c(-c4ccccc4)c4c(c5ccccc35)C(C)(C)c3ccccc3-4)cc12. The number of rotatable bonds is 5. The zero-order chi connectivity index (χ0) is 41.7. The lowest BCUT2D eigenvalue weighted by atomic mass is 9.70. The number of allylic oxidation sites excluding steroid dienone is 5. The highest BCUT2D eigenvalue weighted by molar-refractivity contribution is 6.16. The second kappa shape index (κ2) is 13.5. The smallest absolute Gasteiger partial charge is 0.0723 e. The number of hydrogen-bond acceptors (Lipinski definition) is 1. The van der Waals surface area contributed by atoms with Gasteiger partial charge in [-0.1, -0.05) is 202 Å². The van der Waals surface area contributed by atoms with Gasteiger partial charge in [0.15, 0.2) is 0 Å². The molecule has 0 radical (unpaired) electrons. The predicted molar refractivity (Wildman–Crippen MR) is 263 cm³/mol. The Balaban J connectivity index is 1.24. The predicted octanol–water partition coefficient (Wildman–Crippen LogP) is 16.3. The fourth-order valence-electron chi connectivity index (χ4n) is 11.8. The first-order valence-electron chi connectivity index (χ1n) is 21.8. The molecule has 0 bridgehead atoms. The molecule has 0 N–H and O–H groups in total. The van der Waals surface area contributed by atoms with Crippen LogP contribution >= 0.6 is 0 Å². The molecule has 0 aromatic heterocycles. The summed E-state index contributed by atoms with van der Waals surface area (Å²) in [6.45, 7) is 11.2. The van der Waals surface area contributed by atoms with Gasteiger partial charge in [-0.25, -0.2) is 0 Å². The van der Waals surface area contributed by atoms with E-state index in [9.17, 15) is 0 Å². The maximum atomic E-state index is 4.19. The molecular formula is C61H45N. The molecule has 62 heavy (non-hydrogen) atoms. The molecule has 0 saturated carbocycles. The van der Waals surface area contributed by atoms with Crippen LogP contribution in [0.25, 0.3) is 60.5 Å². The van der Waals surface area contributed by atoms with Gasteiger partial charge in [0.1, 0.15) is 0 Å². The summed E-state index contributed by atoms with van der Waals surface area (Å²) in [5.74, 6) is 0. The Labute approximate surface area is 364 Å². The number of hydrogen-bond donors (Lipinski definition) is 0. The minimum absolute atomic E-state index is 0.206. The van der Waals surface area contributed by atoms with E-state index in [1.165, 1.54) is 105 Å². The fraction of sp³-hybridized carbons (Fsp3) is 0.0820. The lowest BCUT2D eigenvalue weighted by Crippen LogP contribution is -2.26. The van der Waals surface area contributed by atoms with E-state index in [0.717, 1.165) is 11.4 Å². The van der Waals surface area contributed by atoms with Crippen molar-refractivity contribution in [3.63, 3.8) is 0 Å². The molecule has 1 heteroatoms. The van der Waals surface area contributed by atoms with Crippen LogP contribution in [-0.2, 0) is 10.8 Å². The fourth-order valence-corrected chi connectivity index (χ4v) is 11.8. The summed E-state index contributed by atoms with van der Waals surface area (Å²) in [4.78, 5) is 2.58. The second-order valence-corrected chi connectivity index (χ2v) is 17.5. The van der Waals surface area contributed by atoms with Gasteiger partial charge in [-0.05, 0) is 120 Å². The van der Waals surface area contributed by atoms with Gasteiger partial charge in [0.2, 0.25) is 0 Å². The van der Waals surface area contributed by atoms with Crippen LogP contribution in [0.3, 0.4) is 0 Å². The van der Waals surface area contributed by atoms with E-state index >= 15 is 0 Å². The Morgan fingerprint density at radius 2 is 1.06 bits per heavy atom. The standard InChI is InChI=1S/C61H45N/c1-5-20-44-45-25-14-18-31-53(45)61(51(44)6-2)54-32-19-15-26-46(54)47-36-35-43(38-55(47)61)62(42-34-33-39-21-10-11-24-41(39)37-42)59-49-28-13-12-27-48(49)58-57(56(59)40-22-8-7-9-23-40)50-29-16-17-30-52(50)60(58,3)4/h5-38H,1H2,2-4H3/b44-20?,51-6+. The Morgan fingerprint density at radius 3 is 1.82 bits per heavy atom. The third kappa shape index (κ3) is 4.79. The van der Waals surface area contributed by atoms with Crippen LogP contribution in [0.15, 0.2) is 218 Å². The van der Waals surface area contributed by atoms with E-state index in [1.54, 1.807) is 0 Å². The van der Waals surface area contributed by atoms with Crippen LogP contribution in [0.4, 0.5) is 17.1 Å². The highest BCUT2D eigenvalue weighted by Gasteiger charge is 2.53. The summed E-state index contributed by atoms with van der Waals surface area (Å²) in [5.41, 5.74) is 20.8. The van der Waals surface area contributed by atoms with Gasteiger partial charge < -0.3 is 4.90 Å². The van der Waals surface area contributed by atoms with Crippen LogP contribution in [0.5, 0.6) is 0 Å². The van der Waals surface area contributed by atoms with E-state index in [-0.39, 0.29) is 5.41 Å². The quantitative estimate of drug-likeness (QED) is 0.168. The molecule has 1 nitrogen and oxygen atoms in total. The maximum absolute atomic E-state index is 4.19. The molecule has 294 valence electrons. The van der Waals surface area contributed by atoms with Gasteiger partial charge in [-0.15, -0.1) is 0 Å². The minimum atomic E-state index is -0.512. The third-order valence-corrected chi connectivity index (χ3v) is 14.1. The van der Waals surface area contributed by atoms with E-state index in [1.807, 2.05) is 6.08 Å². The highest BCUT2D eigenvalue weighted by atomic mass is 15.1. The number of fused-ring (bicyclic) bond motifs is 13.